The third kappa shape index (κ3) is 4.98. The number of likely N-dealkylation sites (tertiary alicyclic amines) is 1. The smallest absolute Gasteiger partial charge is 0.402 e. The predicted octanol–water partition coefficient (Wildman–Crippen LogP) is 0.00300. The first-order valence-electron chi connectivity index (χ1n) is 10.7. The Labute approximate surface area is 199 Å². The Morgan fingerprint density at radius 3 is 2.26 bits per heavy atom. The number of esters is 3. The minimum Gasteiger partial charge on any atom is -0.469 e. The lowest BCUT2D eigenvalue weighted by Gasteiger charge is -2.40. The van der Waals surface area contributed by atoms with Gasteiger partial charge < -0.3 is 23.8 Å². The van der Waals surface area contributed by atoms with Gasteiger partial charge in [-0.3, -0.25) is 14.1 Å². The lowest BCUT2D eigenvalue weighted by Crippen LogP contribution is -2.53. The highest BCUT2D eigenvalue weighted by Crippen LogP contribution is 2.61. The second-order valence-electron chi connectivity index (χ2n) is 9.73. The Morgan fingerprint density at radius 1 is 1.11 bits per heavy atom. The van der Waals surface area contributed by atoms with Crippen LogP contribution >= 0.6 is 0 Å². The molecule has 198 valence electrons. The van der Waals surface area contributed by atoms with E-state index in [0.29, 0.717) is 6.42 Å². The van der Waals surface area contributed by atoms with Crippen molar-refractivity contribution in [2.75, 3.05) is 26.9 Å². The van der Waals surface area contributed by atoms with Crippen molar-refractivity contribution in [3.63, 3.8) is 0 Å². The molecule has 3 aliphatic rings. The van der Waals surface area contributed by atoms with Crippen molar-refractivity contribution < 1.29 is 59.9 Å². The summed E-state index contributed by atoms with van der Waals surface area (Å²) in [6, 6.07) is -0.449. The number of carbonyl (C=O) groups excluding carboxylic acids is 4. The largest absolute Gasteiger partial charge is 0.469 e. The Balaban J connectivity index is 1.60. The van der Waals surface area contributed by atoms with Gasteiger partial charge in [0.15, 0.2) is 6.61 Å². The van der Waals surface area contributed by atoms with Crippen LogP contribution in [0, 0.1) is 23.7 Å². The highest BCUT2D eigenvalue weighted by molar-refractivity contribution is 7.86. The minimum absolute atomic E-state index is 0.200. The van der Waals surface area contributed by atoms with E-state index in [1.807, 2.05) is 20.8 Å². The zero-order valence-electron chi connectivity index (χ0n) is 19.4. The fraction of sp³-hybridized carbons (Fsp3) is 0.800. The van der Waals surface area contributed by atoms with Crippen LogP contribution in [0.4, 0.5) is 8.78 Å². The quantitative estimate of drug-likeness (QED) is 0.244. The molecule has 3 rings (SSSR count). The van der Waals surface area contributed by atoms with Gasteiger partial charge in [0.25, 0.3) is 0 Å². The molecule has 2 aliphatic carbocycles. The normalized spacial score (nSPS) is 29.9. The Morgan fingerprint density at radius 2 is 1.71 bits per heavy atom. The Hall–Kier alpha value is -2.39. The summed E-state index contributed by atoms with van der Waals surface area (Å²) in [5.74, 6) is -5.07. The first-order chi connectivity index (χ1) is 16.0. The third-order valence-corrected chi connectivity index (χ3v) is 7.43. The maximum absolute atomic E-state index is 13.2. The van der Waals surface area contributed by atoms with Crippen LogP contribution in [0.5, 0.6) is 0 Å². The summed E-state index contributed by atoms with van der Waals surface area (Å²) < 4.78 is 74.8. The molecule has 1 N–H and O–H groups in total. The third-order valence-electron chi connectivity index (χ3n) is 6.55. The number of ether oxygens (including phenoxy) is 4. The number of alkyl halides is 2. The van der Waals surface area contributed by atoms with E-state index in [1.54, 1.807) is 4.90 Å². The van der Waals surface area contributed by atoms with Crippen LogP contribution in [0.25, 0.3) is 0 Å². The number of nitrogens with zero attached hydrogens (tertiary/aromatic N) is 1. The van der Waals surface area contributed by atoms with Gasteiger partial charge in [0.1, 0.15) is 19.3 Å². The highest BCUT2D eigenvalue weighted by Gasteiger charge is 2.72. The van der Waals surface area contributed by atoms with E-state index in [1.165, 1.54) is 7.11 Å². The van der Waals surface area contributed by atoms with E-state index in [9.17, 15) is 36.4 Å². The van der Waals surface area contributed by atoms with Crippen LogP contribution in [-0.4, -0.2) is 91.6 Å². The van der Waals surface area contributed by atoms with Gasteiger partial charge in [-0.25, -0.2) is 9.59 Å². The second-order valence-corrected chi connectivity index (χ2v) is 11.3. The maximum atomic E-state index is 13.2. The lowest BCUT2D eigenvalue weighted by atomic mass is 9.78. The number of methoxy groups -OCH3 is 1. The van der Waals surface area contributed by atoms with Crippen molar-refractivity contribution in [1.29, 1.82) is 0 Å². The molecule has 0 aromatic rings. The summed E-state index contributed by atoms with van der Waals surface area (Å²) in [6.45, 7) is 1.80. The summed E-state index contributed by atoms with van der Waals surface area (Å²) >= 11 is 0. The second kappa shape index (κ2) is 9.24. The predicted molar refractivity (Wildman–Crippen MR) is 109 cm³/mol. The molecule has 1 amide bonds. The van der Waals surface area contributed by atoms with Crippen LogP contribution in [0.15, 0.2) is 0 Å². The molecule has 6 atom stereocenters. The van der Waals surface area contributed by atoms with Crippen LogP contribution in [0.1, 0.15) is 27.2 Å². The summed E-state index contributed by atoms with van der Waals surface area (Å²) in [7, 11) is -4.56. The average Bonchev–Trinajstić information content (AvgIpc) is 3.33. The Kier molecular flexibility index (Phi) is 7.18. The van der Waals surface area contributed by atoms with Crippen LogP contribution in [0.3, 0.4) is 0 Å². The molecule has 2 bridgehead atoms. The molecule has 0 spiro atoms. The van der Waals surface area contributed by atoms with Gasteiger partial charge in [-0.1, -0.05) is 0 Å². The molecule has 1 saturated heterocycles. The first-order valence-corrected chi connectivity index (χ1v) is 12.1. The molecule has 1 aliphatic heterocycles. The number of hydrogen-bond acceptors (Lipinski definition) is 10. The molecule has 0 radical (unpaired) electrons. The molecular weight excluding hydrogens is 500 g/mol. The molecule has 2 saturated carbocycles. The van der Waals surface area contributed by atoms with E-state index in [2.05, 4.69) is 4.74 Å². The molecule has 12 nitrogen and oxygen atoms in total. The van der Waals surface area contributed by atoms with Crippen molar-refractivity contribution in [1.82, 2.24) is 4.90 Å². The minimum atomic E-state index is -5.77. The fourth-order valence-corrected chi connectivity index (χ4v) is 5.59. The van der Waals surface area contributed by atoms with E-state index < -0.39 is 88.5 Å². The van der Waals surface area contributed by atoms with E-state index in [4.69, 9.17) is 18.8 Å². The number of hydrogen-bond donors (Lipinski definition) is 1. The highest BCUT2D eigenvalue weighted by atomic mass is 32.2. The number of halogens is 2. The molecule has 35 heavy (non-hydrogen) atoms. The molecule has 6 unspecified atom stereocenters. The van der Waals surface area contributed by atoms with Gasteiger partial charge >= 0.3 is 33.3 Å². The van der Waals surface area contributed by atoms with Crippen molar-refractivity contribution >= 4 is 33.9 Å². The van der Waals surface area contributed by atoms with Crippen molar-refractivity contribution in [3.05, 3.63) is 0 Å². The van der Waals surface area contributed by atoms with Gasteiger partial charge in [-0.2, -0.15) is 17.2 Å². The van der Waals surface area contributed by atoms with Gasteiger partial charge in [-0.05, 0) is 33.1 Å². The summed E-state index contributed by atoms with van der Waals surface area (Å²) in [5, 5.41) is -4.70. The van der Waals surface area contributed by atoms with E-state index >= 15 is 0 Å². The van der Waals surface area contributed by atoms with Crippen molar-refractivity contribution in [3.8, 4) is 0 Å². The van der Waals surface area contributed by atoms with Gasteiger partial charge in [0, 0.05) is 11.5 Å². The monoisotopic (exact) mass is 527 g/mol. The summed E-state index contributed by atoms with van der Waals surface area (Å²) in [6.07, 6.45) is -0.330. The molecule has 0 aromatic heterocycles. The molecule has 1 heterocycles. The SMILES string of the molecule is COC(=O)C1C2CC3C1C(=O)N(C(C)(C)C)C3C2OC(=O)COCC(=O)OCC(F)(F)S(=O)(=O)O. The van der Waals surface area contributed by atoms with Gasteiger partial charge in [0.05, 0.1) is 25.0 Å². The number of carbonyl (C=O) groups is 4. The lowest BCUT2D eigenvalue weighted by molar-refractivity contribution is -0.169. The van der Waals surface area contributed by atoms with Crippen molar-refractivity contribution in [2.45, 2.75) is 50.1 Å². The van der Waals surface area contributed by atoms with Crippen molar-refractivity contribution in [2.24, 2.45) is 23.7 Å². The van der Waals surface area contributed by atoms with Gasteiger partial charge in [0.2, 0.25) is 5.91 Å². The number of amides is 1. The molecule has 3 fully saturated rings. The molecule has 0 aromatic carbocycles. The topological polar surface area (TPSA) is 163 Å². The van der Waals surface area contributed by atoms with Crippen LogP contribution < -0.4 is 0 Å². The Bertz CT molecular complexity index is 1010. The maximum Gasteiger partial charge on any atom is 0.402 e. The fourth-order valence-electron chi connectivity index (χ4n) is 5.39. The number of rotatable bonds is 9. The van der Waals surface area contributed by atoms with Crippen LogP contribution in [0.2, 0.25) is 0 Å². The zero-order valence-corrected chi connectivity index (χ0v) is 20.3. The van der Waals surface area contributed by atoms with E-state index in [0.717, 1.165) is 0 Å². The zero-order chi connectivity index (χ0) is 26.5. The average molecular weight is 527 g/mol. The first kappa shape index (κ1) is 27.2. The number of fused-ring (bicyclic) bond motifs is 1. The molecule has 15 heteroatoms. The summed E-state index contributed by atoms with van der Waals surface area (Å²) in [5.41, 5.74) is -0.607. The standard InChI is InChI=1S/C20H27F2NO11S/c1-19(2,3)23-15-9-5-10(14(18(27)31-4)13(9)17(23)26)16(15)34-12(25)7-32-6-11(24)33-8-20(21,22)35(28,29)30/h9-10,13-16H,5-8H2,1-4H3,(H,28,29,30). The molecular formula is C20H27F2NO11S. The summed E-state index contributed by atoms with van der Waals surface area (Å²) in [4.78, 5) is 51.2. The van der Waals surface area contributed by atoms with Gasteiger partial charge in [-0.15, -0.1) is 0 Å². The van der Waals surface area contributed by atoms with E-state index in [-0.39, 0.29) is 11.8 Å². The van der Waals surface area contributed by atoms with Crippen LogP contribution in [-0.2, 0) is 48.2 Å².